The molecule has 5 heteroatoms. The number of carboxylic acid groups (broad SMARTS) is 1. The third kappa shape index (κ3) is 1.77. The number of hydrogen-bond donors (Lipinski definition) is 1. The highest BCUT2D eigenvalue weighted by atomic mass is 16.5. The lowest BCUT2D eigenvalue weighted by atomic mass is 10.1. The van der Waals surface area contributed by atoms with Gasteiger partial charge in [0, 0.05) is 11.6 Å². The Labute approximate surface area is 90.7 Å². The van der Waals surface area contributed by atoms with Crippen LogP contribution in [0.4, 0.5) is 5.69 Å². The van der Waals surface area contributed by atoms with Crippen LogP contribution in [-0.2, 0) is 0 Å². The molecule has 1 heterocycles. The van der Waals surface area contributed by atoms with Gasteiger partial charge in [0.1, 0.15) is 0 Å². The first-order valence-corrected chi connectivity index (χ1v) is 4.38. The van der Waals surface area contributed by atoms with Crippen LogP contribution in [0.5, 0.6) is 0 Å². The minimum atomic E-state index is -1.13. The van der Waals surface area contributed by atoms with Gasteiger partial charge in [0.2, 0.25) is 0 Å². The second-order valence-corrected chi connectivity index (χ2v) is 3.04. The number of hydrogen-bond acceptors (Lipinski definition) is 3. The van der Waals surface area contributed by atoms with Gasteiger partial charge in [-0.15, -0.1) is 0 Å². The van der Waals surface area contributed by atoms with Crippen molar-refractivity contribution in [2.24, 2.45) is 0 Å². The Bertz CT molecular complexity index is 564. The summed E-state index contributed by atoms with van der Waals surface area (Å²) >= 11 is 0. The number of rotatable bonds is 2. The first-order valence-electron chi connectivity index (χ1n) is 4.38. The molecule has 2 aromatic rings. The van der Waals surface area contributed by atoms with Gasteiger partial charge in [-0.05, 0) is 0 Å². The first kappa shape index (κ1) is 9.93. The lowest BCUT2D eigenvalue weighted by molar-refractivity contribution is 0.0686. The second kappa shape index (κ2) is 3.87. The van der Waals surface area contributed by atoms with Crippen LogP contribution in [0.3, 0.4) is 0 Å². The van der Waals surface area contributed by atoms with Crippen molar-refractivity contribution in [2.45, 2.75) is 0 Å². The summed E-state index contributed by atoms with van der Waals surface area (Å²) < 4.78 is 4.88. The Morgan fingerprint density at radius 2 is 2.06 bits per heavy atom. The zero-order valence-corrected chi connectivity index (χ0v) is 8.04. The van der Waals surface area contributed by atoms with Crippen molar-refractivity contribution < 1.29 is 14.4 Å². The van der Waals surface area contributed by atoms with Gasteiger partial charge in [-0.3, -0.25) is 0 Å². The predicted octanol–water partition coefficient (Wildman–Crippen LogP) is 2.59. The van der Waals surface area contributed by atoms with Crippen LogP contribution in [0.15, 0.2) is 34.9 Å². The molecule has 5 nitrogen and oxygen atoms in total. The molecule has 0 amide bonds. The fourth-order valence-electron chi connectivity index (χ4n) is 1.21. The van der Waals surface area contributed by atoms with Crippen molar-refractivity contribution in [1.82, 2.24) is 5.16 Å². The number of nitrogens with zero attached hydrogens (tertiary/aromatic N) is 2. The smallest absolute Gasteiger partial charge is 0.358 e. The Hall–Kier alpha value is -2.61. The van der Waals surface area contributed by atoms with Gasteiger partial charge in [-0.2, -0.15) is 0 Å². The third-order valence-electron chi connectivity index (χ3n) is 2.01. The highest BCUT2D eigenvalue weighted by Gasteiger charge is 2.11. The average molecular weight is 214 g/mol. The molecule has 1 aromatic carbocycles. The fraction of sp³-hybridized carbons (Fsp3) is 0. The van der Waals surface area contributed by atoms with Crippen molar-refractivity contribution in [1.29, 1.82) is 0 Å². The van der Waals surface area contributed by atoms with E-state index in [-0.39, 0.29) is 5.69 Å². The van der Waals surface area contributed by atoms with Gasteiger partial charge in [0.25, 0.3) is 0 Å². The van der Waals surface area contributed by atoms with E-state index >= 15 is 0 Å². The zero-order chi connectivity index (χ0) is 11.5. The van der Waals surface area contributed by atoms with Crippen LogP contribution in [0.25, 0.3) is 16.2 Å². The summed E-state index contributed by atoms with van der Waals surface area (Å²) in [5, 5.41) is 12.1. The molecule has 0 aliphatic rings. The lowest BCUT2D eigenvalue weighted by Crippen LogP contribution is -1.94. The summed E-state index contributed by atoms with van der Waals surface area (Å²) in [5.74, 6) is -0.762. The number of aromatic carboxylic acids is 1. The van der Waals surface area contributed by atoms with E-state index in [9.17, 15) is 4.79 Å². The van der Waals surface area contributed by atoms with Crippen molar-refractivity contribution >= 4 is 11.7 Å². The van der Waals surface area contributed by atoms with E-state index in [1.165, 1.54) is 6.07 Å². The number of aromatic nitrogens is 1. The molecule has 0 spiro atoms. The third-order valence-corrected chi connectivity index (χ3v) is 2.01. The average Bonchev–Trinajstić information content (AvgIpc) is 2.78. The van der Waals surface area contributed by atoms with E-state index in [4.69, 9.17) is 16.2 Å². The number of benzene rings is 1. The molecule has 2 rings (SSSR count). The van der Waals surface area contributed by atoms with E-state index in [1.54, 1.807) is 24.3 Å². The summed E-state index contributed by atoms with van der Waals surface area (Å²) in [6.07, 6.45) is 0. The van der Waals surface area contributed by atoms with E-state index in [0.29, 0.717) is 17.0 Å². The topological polar surface area (TPSA) is 67.7 Å². The lowest BCUT2D eigenvalue weighted by Gasteiger charge is -1.94. The van der Waals surface area contributed by atoms with Crippen LogP contribution in [0.2, 0.25) is 0 Å². The van der Waals surface area contributed by atoms with E-state index in [1.807, 2.05) is 0 Å². The number of carbonyl (C=O) groups is 1. The van der Waals surface area contributed by atoms with Gasteiger partial charge in [0.05, 0.1) is 6.57 Å². The molecule has 16 heavy (non-hydrogen) atoms. The largest absolute Gasteiger partial charge is 0.476 e. The minimum absolute atomic E-state index is 0.135. The van der Waals surface area contributed by atoms with Crippen molar-refractivity contribution in [3.8, 4) is 11.3 Å². The second-order valence-electron chi connectivity index (χ2n) is 3.04. The minimum Gasteiger partial charge on any atom is -0.476 e. The summed E-state index contributed by atoms with van der Waals surface area (Å²) in [5.41, 5.74) is 1.07. The Morgan fingerprint density at radius 1 is 1.38 bits per heavy atom. The van der Waals surface area contributed by atoms with Gasteiger partial charge in [-0.25, -0.2) is 9.64 Å². The summed E-state index contributed by atoms with van der Waals surface area (Å²) in [6.45, 7) is 6.79. The molecule has 0 atom stereocenters. The Morgan fingerprint density at radius 3 is 2.56 bits per heavy atom. The molecule has 78 valence electrons. The van der Waals surface area contributed by atoms with Crippen molar-refractivity contribution in [3.63, 3.8) is 0 Å². The maximum Gasteiger partial charge on any atom is 0.358 e. The molecule has 0 unspecified atom stereocenters. The van der Waals surface area contributed by atoms with Crippen molar-refractivity contribution in [3.05, 3.63) is 47.4 Å². The van der Waals surface area contributed by atoms with Crippen LogP contribution in [-0.4, -0.2) is 16.2 Å². The summed E-state index contributed by atoms with van der Waals surface area (Å²) in [7, 11) is 0. The molecular formula is C11H6N2O3. The molecular weight excluding hydrogens is 208 g/mol. The SMILES string of the molecule is [C-]#[N+]c1ccc(-c2cc(C(=O)O)no2)cc1. The van der Waals surface area contributed by atoms with Crippen LogP contribution >= 0.6 is 0 Å². The van der Waals surface area contributed by atoms with Crippen molar-refractivity contribution in [2.75, 3.05) is 0 Å². The number of carboxylic acids is 1. The van der Waals surface area contributed by atoms with Gasteiger partial charge in [-0.1, -0.05) is 29.4 Å². The Balaban J connectivity index is 2.36. The first-order chi connectivity index (χ1) is 7.70. The highest BCUT2D eigenvalue weighted by molar-refractivity contribution is 5.86. The molecule has 0 fully saturated rings. The zero-order valence-electron chi connectivity index (χ0n) is 8.04. The molecule has 0 radical (unpaired) electrons. The van der Waals surface area contributed by atoms with Gasteiger partial charge < -0.3 is 9.63 Å². The quantitative estimate of drug-likeness (QED) is 0.780. The maximum atomic E-state index is 10.6. The summed E-state index contributed by atoms with van der Waals surface area (Å²) in [4.78, 5) is 13.8. The van der Waals surface area contributed by atoms with E-state index < -0.39 is 5.97 Å². The molecule has 0 saturated heterocycles. The van der Waals surface area contributed by atoms with Gasteiger partial charge in [0.15, 0.2) is 17.1 Å². The standard InChI is InChI=1S/C11H6N2O3/c1-12-8-4-2-7(3-5-8)10-6-9(11(14)15)13-16-10/h2-6H,(H,14,15). The molecule has 0 aliphatic heterocycles. The molecule has 0 bridgehead atoms. The molecule has 1 aromatic heterocycles. The molecule has 0 saturated carbocycles. The van der Waals surface area contributed by atoms with Crippen LogP contribution in [0, 0.1) is 6.57 Å². The van der Waals surface area contributed by atoms with Crippen LogP contribution in [0.1, 0.15) is 10.5 Å². The van der Waals surface area contributed by atoms with Gasteiger partial charge >= 0.3 is 5.97 Å². The highest BCUT2D eigenvalue weighted by Crippen LogP contribution is 2.23. The maximum absolute atomic E-state index is 10.6. The summed E-state index contributed by atoms with van der Waals surface area (Å²) in [6, 6.07) is 7.96. The molecule has 0 aliphatic carbocycles. The fourth-order valence-corrected chi connectivity index (χ4v) is 1.21. The van der Waals surface area contributed by atoms with Crippen LogP contribution < -0.4 is 0 Å². The molecule has 1 N–H and O–H groups in total. The predicted molar refractivity (Wildman–Crippen MR) is 55.2 cm³/mol. The van der Waals surface area contributed by atoms with E-state index in [0.717, 1.165) is 0 Å². The monoisotopic (exact) mass is 214 g/mol. The van der Waals surface area contributed by atoms with E-state index in [2.05, 4.69) is 10.0 Å². The normalized spacial score (nSPS) is 9.69. The Kier molecular flexibility index (Phi) is 2.40.